The molecule has 1 saturated carbocycles. The molecule has 0 saturated heterocycles. The summed E-state index contributed by atoms with van der Waals surface area (Å²) in [4.78, 5) is 10.9. The summed E-state index contributed by atoms with van der Waals surface area (Å²) >= 11 is 0. The standard InChI is InChI=1S/C13H15N3O/c1-17-13-7-11(10-3-2-6-14-10)16-12(13)8-15-9-4-5-9/h2-3,6-9,14,16H,4-5H2,1H3. The van der Waals surface area contributed by atoms with Crippen LogP contribution in [0.25, 0.3) is 11.4 Å². The number of nitrogens with one attached hydrogen (secondary N) is 2. The molecule has 2 aromatic rings. The van der Waals surface area contributed by atoms with Crippen LogP contribution >= 0.6 is 0 Å². The van der Waals surface area contributed by atoms with Gasteiger partial charge < -0.3 is 14.7 Å². The first-order valence-electron chi connectivity index (χ1n) is 5.81. The fraction of sp³-hybridized carbons (Fsp3) is 0.308. The molecule has 0 aliphatic heterocycles. The van der Waals surface area contributed by atoms with E-state index in [4.69, 9.17) is 4.74 Å². The highest BCUT2D eigenvalue weighted by molar-refractivity contribution is 5.83. The Balaban J connectivity index is 1.91. The maximum absolute atomic E-state index is 5.34. The van der Waals surface area contributed by atoms with Gasteiger partial charge in [0.1, 0.15) is 5.75 Å². The molecule has 0 bridgehead atoms. The number of aromatic amines is 2. The molecule has 0 unspecified atom stereocenters. The van der Waals surface area contributed by atoms with Crippen molar-refractivity contribution in [2.24, 2.45) is 4.99 Å². The zero-order valence-corrected chi connectivity index (χ0v) is 9.73. The van der Waals surface area contributed by atoms with Crippen molar-refractivity contribution in [2.45, 2.75) is 18.9 Å². The molecule has 0 radical (unpaired) electrons. The van der Waals surface area contributed by atoms with Crippen LogP contribution in [0.3, 0.4) is 0 Å². The van der Waals surface area contributed by atoms with Gasteiger partial charge in [-0.15, -0.1) is 0 Å². The number of H-pyrrole nitrogens is 2. The number of aliphatic imine (C=N–C) groups is 1. The van der Waals surface area contributed by atoms with Crippen molar-refractivity contribution in [1.29, 1.82) is 0 Å². The van der Waals surface area contributed by atoms with E-state index < -0.39 is 0 Å². The number of nitrogens with zero attached hydrogens (tertiary/aromatic N) is 1. The average molecular weight is 229 g/mol. The third-order valence-electron chi connectivity index (χ3n) is 2.88. The monoisotopic (exact) mass is 229 g/mol. The average Bonchev–Trinajstić information content (AvgIpc) is 2.88. The predicted molar refractivity (Wildman–Crippen MR) is 67.7 cm³/mol. The third-order valence-corrected chi connectivity index (χ3v) is 2.88. The van der Waals surface area contributed by atoms with E-state index in [1.807, 2.05) is 30.6 Å². The summed E-state index contributed by atoms with van der Waals surface area (Å²) in [6, 6.07) is 6.50. The molecule has 1 aliphatic rings. The summed E-state index contributed by atoms with van der Waals surface area (Å²) < 4.78 is 5.34. The Labute approximate surface area is 99.7 Å². The predicted octanol–water partition coefficient (Wildman–Crippen LogP) is 2.60. The maximum Gasteiger partial charge on any atom is 0.146 e. The molecule has 0 aromatic carbocycles. The van der Waals surface area contributed by atoms with Gasteiger partial charge >= 0.3 is 0 Å². The van der Waals surface area contributed by atoms with E-state index in [0.29, 0.717) is 6.04 Å². The lowest BCUT2D eigenvalue weighted by Crippen LogP contribution is -1.89. The number of ether oxygens (including phenoxy) is 1. The lowest BCUT2D eigenvalue weighted by Gasteiger charge is -1.95. The van der Waals surface area contributed by atoms with Crippen LogP contribution in [0, 0.1) is 0 Å². The molecule has 4 heteroatoms. The zero-order chi connectivity index (χ0) is 11.7. The second kappa shape index (κ2) is 4.13. The number of methoxy groups -OCH3 is 1. The highest BCUT2D eigenvalue weighted by Crippen LogP contribution is 2.27. The zero-order valence-electron chi connectivity index (χ0n) is 9.73. The highest BCUT2D eigenvalue weighted by Gasteiger charge is 2.19. The van der Waals surface area contributed by atoms with E-state index >= 15 is 0 Å². The number of rotatable bonds is 4. The highest BCUT2D eigenvalue weighted by atomic mass is 16.5. The first-order chi connectivity index (χ1) is 8.36. The van der Waals surface area contributed by atoms with E-state index in [2.05, 4.69) is 15.0 Å². The number of hydrogen-bond acceptors (Lipinski definition) is 2. The Morgan fingerprint density at radius 2 is 2.29 bits per heavy atom. The van der Waals surface area contributed by atoms with Gasteiger partial charge in [0.2, 0.25) is 0 Å². The van der Waals surface area contributed by atoms with Gasteiger partial charge in [-0.1, -0.05) is 0 Å². The third kappa shape index (κ3) is 2.11. The molecule has 88 valence electrons. The minimum Gasteiger partial charge on any atom is -0.494 e. The topological polar surface area (TPSA) is 53.2 Å². The van der Waals surface area contributed by atoms with Gasteiger partial charge in [-0.2, -0.15) is 0 Å². The lowest BCUT2D eigenvalue weighted by atomic mass is 10.3. The van der Waals surface area contributed by atoms with Crippen LogP contribution < -0.4 is 4.74 Å². The summed E-state index contributed by atoms with van der Waals surface area (Å²) in [5.41, 5.74) is 3.00. The molecule has 2 N–H and O–H groups in total. The fourth-order valence-corrected chi connectivity index (χ4v) is 1.76. The van der Waals surface area contributed by atoms with Crippen LogP contribution in [0.1, 0.15) is 18.5 Å². The Morgan fingerprint density at radius 1 is 1.41 bits per heavy atom. The largest absolute Gasteiger partial charge is 0.494 e. The summed E-state index contributed by atoms with van der Waals surface area (Å²) in [6.45, 7) is 0. The summed E-state index contributed by atoms with van der Waals surface area (Å²) in [5, 5.41) is 0. The first-order valence-corrected chi connectivity index (χ1v) is 5.81. The Morgan fingerprint density at radius 3 is 2.94 bits per heavy atom. The van der Waals surface area contributed by atoms with E-state index in [0.717, 1.165) is 22.8 Å². The van der Waals surface area contributed by atoms with Crippen LogP contribution in [-0.4, -0.2) is 29.3 Å². The second-order valence-corrected chi connectivity index (χ2v) is 4.26. The van der Waals surface area contributed by atoms with Gasteiger partial charge in [0.25, 0.3) is 0 Å². The minimum atomic E-state index is 0.525. The Kier molecular flexibility index (Phi) is 2.48. The maximum atomic E-state index is 5.34. The second-order valence-electron chi connectivity index (χ2n) is 4.26. The fourth-order valence-electron chi connectivity index (χ4n) is 1.76. The quantitative estimate of drug-likeness (QED) is 0.778. The van der Waals surface area contributed by atoms with Gasteiger partial charge in [-0.3, -0.25) is 4.99 Å². The van der Waals surface area contributed by atoms with E-state index in [9.17, 15) is 0 Å². The van der Waals surface area contributed by atoms with Gasteiger partial charge in [0.05, 0.1) is 30.2 Å². The van der Waals surface area contributed by atoms with Crippen LogP contribution in [0.5, 0.6) is 5.75 Å². The molecule has 1 aliphatic carbocycles. The van der Waals surface area contributed by atoms with Crippen molar-refractivity contribution in [3.63, 3.8) is 0 Å². The normalized spacial score (nSPS) is 15.6. The molecule has 0 spiro atoms. The van der Waals surface area contributed by atoms with Gasteiger partial charge in [-0.05, 0) is 25.0 Å². The van der Waals surface area contributed by atoms with Crippen molar-refractivity contribution in [2.75, 3.05) is 7.11 Å². The van der Waals surface area contributed by atoms with Crippen molar-refractivity contribution in [3.05, 3.63) is 30.1 Å². The summed E-state index contributed by atoms with van der Waals surface area (Å²) in [7, 11) is 1.68. The van der Waals surface area contributed by atoms with Crippen molar-refractivity contribution in [1.82, 2.24) is 9.97 Å². The van der Waals surface area contributed by atoms with Crippen molar-refractivity contribution < 1.29 is 4.74 Å². The molecule has 2 heterocycles. The summed E-state index contributed by atoms with van der Waals surface area (Å²) in [6.07, 6.45) is 6.20. The minimum absolute atomic E-state index is 0.525. The smallest absolute Gasteiger partial charge is 0.146 e. The van der Waals surface area contributed by atoms with Crippen LogP contribution in [-0.2, 0) is 0 Å². The van der Waals surface area contributed by atoms with Crippen LogP contribution in [0.2, 0.25) is 0 Å². The van der Waals surface area contributed by atoms with Crippen molar-refractivity contribution in [3.8, 4) is 17.1 Å². The van der Waals surface area contributed by atoms with Crippen LogP contribution in [0.4, 0.5) is 0 Å². The molecule has 0 amide bonds. The Bertz CT molecular complexity index is 521. The SMILES string of the molecule is COc1cc(-c2ccc[nH]2)[nH]c1C=NC1CC1. The van der Waals surface area contributed by atoms with Gasteiger partial charge in [0, 0.05) is 18.5 Å². The molecule has 2 aromatic heterocycles. The van der Waals surface area contributed by atoms with E-state index in [1.165, 1.54) is 12.8 Å². The lowest BCUT2D eigenvalue weighted by molar-refractivity contribution is 0.415. The molecule has 1 fully saturated rings. The molecule has 0 atom stereocenters. The van der Waals surface area contributed by atoms with E-state index in [1.54, 1.807) is 7.11 Å². The molecular weight excluding hydrogens is 214 g/mol. The summed E-state index contributed by atoms with van der Waals surface area (Å²) in [5.74, 6) is 0.832. The van der Waals surface area contributed by atoms with Gasteiger partial charge in [-0.25, -0.2) is 0 Å². The van der Waals surface area contributed by atoms with Crippen molar-refractivity contribution >= 4 is 6.21 Å². The first kappa shape index (κ1) is 10.2. The molecule has 4 nitrogen and oxygen atoms in total. The van der Waals surface area contributed by atoms with E-state index in [-0.39, 0.29) is 0 Å². The molecule has 3 rings (SSSR count). The number of aromatic nitrogens is 2. The number of hydrogen-bond donors (Lipinski definition) is 2. The Hall–Kier alpha value is -1.97. The molecular formula is C13H15N3O. The van der Waals surface area contributed by atoms with Crippen LogP contribution in [0.15, 0.2) is 29.4 Å². The molecule has 17 heavy (non-hydrogen) atoms. The van der Waals surface area contributed by atoms with Gasteiger partial charge in [0.15, 0.2) is 0 Å².